The molecule has 0 aliphatic heterocycles. The first-order valence-corrected chi connectivity index (χ1v) is 17.2. The van der Waals surface area contributed by atoms with E-state index in [-0.39, 0.29) is 30.4 Å². The van der Waals surface area contributed by atoms with Crippen molar-refractivity contribution in [1.82, 2.24) is 21.3 Å². The van der Waals surface area contributed by atoms with Gasteiger partial charge >= 0.3 is 24.4 Å². The molecule has 4 amide bonds. The molecule has 50 heavy (non-hydrogen) atoms. The summed E-state index contributed by atoms with van der Waals surface area (Å²) in [5, 5.41) is 10.5. The van der Waals surface area contributed by atoms with Gasteiger partial charge in [-0.15, -0.1) is 0 Å². The molecule has 0 aliphatic rings. The molecule has 0 fully saturated rings. The van der Waals surface area contributed by atoms with E-state index in [1.54, 1.807) is 118 Å². The van der Waals surface area contributed by atoms with Gasteiger partial charge in [0.25, 0.3) is 0 Å². The van der Waals surface area contributed by atoms with Crippen LogP contribution in [0.3, 0.4) is 0 Å². The lowest BCUT2D eigenvalue weighted by Crippen LogP contribution is -2.48. The van der Waals surface area contributed by atoms with Gasteiger partial charge in [-0.3, -0.25) is 9.59 Å². The lowest BCUT2D eigenvalue weighted by molar-refractivity contribution is -0.128. The van der Waals surface area contributed by atoms with Crippen LogP contribution >= 0.6 is 0 Å². The highest BCUT2D eigenvalue weighted by molar-refractivity contribution is 5.91. The molecule has 4 N–H and O–H groups in total. The van der Waals surface area contributed by atoms with E-state index in [1.165, 1.54) is 0 Å². The predicted octanol–water partition coefficient (Wildman–Crippen LogP) is 6.82. The van der Waals surface area contributed by atoms with Crippen molar-refractivity contribution in [2.24, 2.45) is 11.3 Å². The summed E-state index contributed by atoms with van der Waals surface area (Å²) in [7, 11) is 0. The third-order valence-electron chi connectivity index (χ3n) is 5.79. The Bertz CT molecular complexity index is 1120. The van der Waals surface area contributed by atoms with Crippen molar-refractivity contribution in [3.63, 3.8) is 0 Å². The van der Waals surface area contributed by atoms with E-state index in [0.29, 0.717) is 19.4 Å². The monoisotopic (exact) mass is 716 g/mol. The smallest absolute Gasteiger partial charge is 0.408 e. The van der Waals surface area contributed by atoms with Crippen LogP contribution in [0.4, 0.5) is 19.2 Å². The van der Waals surface area contributed by atoms with Crippen LogP contribution in [-0.2, 0) is 28.5 Å². The van der Waals surface area contributed by atoms with Gasteiger partial charge in [-0.1, -0.05) is 34.6 Å². The normalized spacial score (nSPS) is 13.4. The number of ether oxygens (including phenoxy) is 4. The number of alkyl carbamates (subject to hydrolysis) is 4. The van der Waals surface area contributed by atoms with E-state index < -0.39 is 64.3 Å². The second kappa shape index (κ2) is 20.3. The number of hydrogen-bond donors (Lipinski definition) is 4. The Morgan fingerprint density at radius 2 is 0.820 bits per heavy atom. The maximum Gasteiger partial charge on any atom is 0.408 e. The van der Waals surface area contributed by atoms with Gasteiger partial charge in [0.2, 0.25) is 0 Å². The predicted molar refractivity (Wildman–Crippen MR) is 193 cm³/mol. The lowest BCUT2D eigenvalue weighted by atomic mass is 9.85. The molecule has 14 nitrogen and oxygen atoms in total. The molecule has 2 atom stereocenters. The first kappa shape index (κ1) is 48.5. The summed E-state index contributed by atoms with van der Waals surface area (Å²) in [5.74, 6) is -0.411. The van der Waals surface area contributed by atoms with Crippen molar-refractivity contribution in [3.8, 4) is 0 Å². The zero-order valence-electron chi connectivity index (χ0n) is 33.9. The average Bonchev–Trinajstić information content (AvgIpc) is 2.84. The molecule has 0 unspecified atom stereocenters. The maximum absolute atomic E-state index is 12.6. The summed E-state index contributed by atoms with van der Waals surface area (Å²) in [4.78, 5) is 72.0. The van der Waals surface area contributed by atoms with Crippen molar-refractivity contribution < 1.29 is 47.7 Å². The van der Waals surface area contributed by atoms with E-state index in [0.717, 1.165) is 0 Å². The van der Waals surface area contributed by atoms with Gasteiger partial charge < -0.3 is 40.2 Å². The van der Waals surface area contributed by atoms with Gasteiger partial charge in [-0.2, -0.15) is 0 Å². The molecule has 0 radical (unpaired) electrons. The van der Waals surface area contributed by atoms with Gasteiger partial charge in [0.1, 0.15) is 22.4 Å². The number of Topliss-reactive ketones (excluding diaryl/α,β-unsaturated/α-hetero) is 2. The Hall–Kier alpha value is -3.58. The molecule has 0 aromatic rings. The Labute approximate surface area is 300 Å². The quantitative estimate of drug-likeness (QED) is 0.123. The fraction of sp³-hybridized carbons (Fsp3) is 0.833. The molecule has 14 heteroatoms. The second-order valence-electron chi connectivity index (χ2n) is 17.4. The number of nitrogens with one attached hydrogen (secondary N) is 4. The Morgan fingerprint density at radius 1 is 0.480 bits per heavy atom. The molecule has 0 bridgehead atoms. The Kier molecular flexibility index (Phi) is 19.7. The van der Waals surface area contributed by atoms with E-state index >= 15 is 0 Å². The molecule has 0 rings (SSSR count). The van der Waals surface area contributed by atoms with E-state index in [2.05, 4.69) is 21.3 Å². The van der Waals surface area contributed by atoms with Gasteiger partial charge in [-0.05, 0) is 102 Å². The summed E-state index contributed by atoms with van der Waals surface area (Å²) in [6, 6.07) is -1.40. The summed E-state index contributed by atoms with van der Waals surface area (Å²) in [6.07, 6.45) is -1.16. The number of hydrogen-bond acceptors (Lipinski definition) is 10. The van der Waals surface area contributed by atoms with E-state index in [1.807, 2.05) is 0 Å². The third-order valence-corrected chi connectivity index (χ3v) is 5.79. The van der Waals surface area contributed by atoms with Gasteiger partial charge in [0.15, 0.2) is 11.6 Å². The van der Waals surface area contributed by atoms with E-state index in [4.69, 9.17) is 18.9 Å². The van der Waals surface area contributed by atoms with Crippen LogP contribution in [-0.4, -0.2) is 83.5 Å². The maximum atomic E-state index is 12.6. The average molecular weight is 717 g/mol. The highest BCUT2D eigenvalue weighted by Crippen LogP contribution is 2.19. The zero-order valence-corrected chi connectivity index (χ0v) is 33.9. The largest absolute Gasteiger partial charge is 0.444 e. The number of ketones is 2. The van der Waals surface area contributed by atoms with Gasteiger partial charge in [0, 0.05) is 24.4 Å². The number of carbonyl (C=O) groups excluding carboxylic acids is 6. The van der Waals surface area contributed by atoms with Crippen molar-refractivity contribution >= 4 is 35.9 Å². The molecule has 0 aromatic heterocycles. The second-order valence-corrected chi connectivity index (χ2v) is 17.4. The lowest BCUT2D eigenvalue weighted by Gasteiger charge is -2.27. The van der Waals surface area contributed by atoms with Crippen LogP contribution in [0.25, 0.3) is 0 Å². The van der Waals surface area contributed by atoms with Gasteiger partial charge in [0.05, 0.1) is 12.1 Å². The standard InChI is InChI=1S/2C18H34N2O5/c1-16(2,3)13(21)12(20-15(23)25-18(7,8)9)10-11-19-14(22)24-17(4,5)6;1-12(2)14(21)13(20-16(23)25-18(6,7)8)10-9-11-19-15(22)24-17(3,4)5/h12H,10-11H2,1-9H3,(H,19,22)(H,20,23);12-13H,9-11H2,1-8H3,(H,19,22)(H,20,23)/t12-;13-/m00/s1. The molecule has 0 spiro atoms. The van der Waals surface area contributed by atoms with Crippen LogP contribution in [0.2, 0.25) is 0 Å². The number of rotatable bonds is 12. The van der Waals surface area contributed by atoms with Crippen molar-refractivity contribution in [2.75, 3.05) is 13.1 Å². The molecule has 0 aromatic carbocycles. The van der Waals surface area contributed by atoms with Crippen LogP contribution < -0.4 is 21.3 Å². The summed E-state index contributed by atoms with van der Waals surface area (Å²) in [5.41, 5.74) is -3.08. The minimum Gasteiger partial charge on any atom is -0.444 e. The molecule has 292 valence electrons. The molecule has 0 aliphatic carbocycles. The SMILES string of the molecule is CC(C)(C)OC(=O)NCC[C@H](NC(=O)OC(C)(C)C)C(=O)C(C)(C)C.CC(C)C(=O)[C@H](CCCNC(=O)OC(C)(C)C)NC(=O)OC(C)(C)C. The van der Waals surface area contributed by atoms with E-state index in [9.17, 15) is 28.8 Å². The summed E-state index contributed by atoms with van der Waals surface area (Å²) < 4.78 is 20.7. The minimum atomic E-state index is -0.759. The highest BCUT2D eigenvalue weighted by Gasteiger charge is 2.32. The molecule has 0 saturated carbocycles. The number of amides is 4. The fourth-order valence-electron chi connectivity index (χ4n) is 3.82. The first-order chi connectivity index (χ1) is 22.2. The topological polar surface area (TPSA) is 187 Å². The van der Waals surface area contributed by atoms with Crippen molar-refractivity contribution in [3.05, 3.63) is 0 Å². The van der Waals surface area contributed by atoms with Crippen molar-refractivity contribution in [1.29, 1.82) is 0 Å². The van der Waals surface area contributed by atoms with Gasteiger partial charge in [-0.25, -0.2) is 19.2 Å². The molecular weight excluding hydrogens is 648 g/mol. The fourth-order valence-corrected chi connectivity index (χ4v) is 3.82. The Morgan fingerprint density at radius 3 is 1.16 bits per heavy atom. The zero-order chi connectivity index (χ0) is 39.9. The van der Waals surface area contributed by atoms with Crippen LogP contribution in [0.1, 0.15) is 137 Å². The van der Waals surface area contributed by atoms with Crippen LogP contribution in [0, 0.1) is 11.3 Å². The van der Waals surface area contributed by atoms with Crippen LogP contribution in [0.15, 0.2) is 0 Å². The number of carbonyl (C=O) groups is 6. The summed E-state index contributed by atoms with van der Waals surface area (Å²) in [6.45, 7) is 30.6. The highest BCUT2D eigenvalue weighted by atomic mass is 16.6. The molecule has 0 heterocycles. The van der Waals surface area contributed by atoms with Crippen molar-refractivity contribution in [2.45, 2.75) is 171 Å². The summed E-state index contributed by atoms with van der Waals surface area (Å²) >= 11 is 0. The Balaban J connectivity index is 0. The third kappa shape index (κ3) is 27.3. The minimum absolute atomic E-state index is 0.0665. The molecular formula is C36H68N4O10. The van der Waals surface area contributed by atoms with Crippen LogP contribution in [0.5, 0.6) is 0 Å². The first-order valence-electron chi connectivity index (χ1n) is 17.2. The molecule has 0 saturated heterocycles.